The van der Waals surface area contributed by atoms with Crippen molar-refractivity contribution in [3.05, 3.63) is 59.9 Å². The molecule has 1 aromatic heterocycles. The van der Waals surface area contributed by atoms with Crippen LogP contribution in [-0.4, -0.2) is 35.3 Å². The minimum atomic E-state index is -2.03. The number of amides is 1. The van der Waals surface area contributed by atoms with Gasteiger partial charge in [0.05, 0.1) is 10.5 Å². The summed E-state index contributed by atoms with van der Waals surface area (Å²) in [7, 11) is 1.75. The van der Waals surface area contributed by atoms with Gasteiger partial charge in [-0.25, -0.2) is 9.00 Å². The minimum Gasteiger partial charge on any atom is -0.478 e. The Morgan fingerprint density at radius 1 is 1.12 bits per heavy atom. The second-order valence-corrected chi connectivity index (χ2v) is 6.91. The lowest BCUT2D eigenvalue weighted by atomic mass is 10.2. The number of aromatic carboxylic acids is 1. The maximum absolute atomic E-state index is 12.4. The molecule has 0 spiro atoms. The first-order chi connectivity index (χ1) is 12.4. The van der Waals surface area contributed by atoms with Gasteiger partial charge in [0.25, 0.3) is 5.91 Å². The lowest BCUT2D eigenvalue weighted by molar-refractivity contribution is 0.0692. The van der Waals surface area contributed by atoms with Crippen molar-refractivity contribution in [3.8, 4) is 0 Å². The highest BCUT2D eigenvalue weighted by Crippen LogP contribution is 2.24. The molecule has 0 saturated carbocycles. The highest BCUT2D eigenvalue weighted by molar-refractivity contribution is 7.83. The van der Waals surface area contributed by atoms with Gasteiger partial charge in [0.15, 0.2) is 16.7 Å². The van der Waals surface area contributed by atoms with Gasteiger partial charge in [-0.15, -0.1) is 0 Å². The van der Waals surface area contributed by atoms with Gasteiger partial charge >= 0.3 is 5.97 Å². The maximum atomic E-state index is 12.4. The van der Waals surface area contributed by atoms with Crippen molar-refractivity contribution in [2.45, 2.75) is 4.90 Å². The predicted octanol–water partition coefficient (Wildman–Crippen LogP) is 2.65. The molecule has 1 unspecified atom stereocenters. The van der Waals surface area contributed by atoms with Crippen LogP contribution in [0.3, 0.4) is 0 Å². The fraction of sp³-hybridized carbons (Fsp3) is 0.111. The van der Waals surface area contributed by atoms with E-state index in [2.05, 4.69) is 4.72 Å². The van der Waals surface area contributed by atoms with Crippen LogP contribution < -0.4 is 9.62 Å². The molecule has 0 aliphatic rings. The summed E-state index contributed by atoms with van der Waals surface area (Å²) in [6, 6.07) is 12.8. The van der Waals surface area contributed by atoms with Crippen molar-refractivity contribution in [2.24, 2.45) is 0 Å². The number of carbonyl (C=O) groups is 2. The van der Waals surface area contributed by atoms with Crippen molar-refractivity contribution in [2.75, 3.05) is 19.0 Å². The zero-order valence-corrected chi connectivity index (χ0v) is 14.9. The number of hydrogen-bond donors (Lipinski definition) is 2. The summed E-state index contributed by atoms with van der Waals surface area (Å²) >= 11 is 0. The molecule has 3 aromatic rings. The second kappa shape index (κ2) is 7.01. The predicted molar refractivity (Wildman–Crippen MR) is 97.8 cm³/mol. The Hall–Kier alpha value is -3.13. The first-order valence-corrected chi connectivity index (χ1v) is 8.78. The molecule has 7 nitrogen and oxygen atoms in total. The molecule has 0 bridgehead atoms. The quantitative estimate of drug-likeness (QED) is 0.714. The monoisotopic (exact) mass is 372 g/mol. The molecule has 8 heteroatoms. The Morgan fingerprint density at radius 2 is 1.85 bits per heavy atom. The van der Waals surface area contributed by atoms with E-state index >= 15 is 0 Å². The van der Waals surface area contributed by atoms with Gasteiger partial charge < -0.3 is 14.4 Å². The number of carboxylic acid groups (broad SMARTS) is 1. The first-order valence-electron chi connectivity index (χ1n) is 7.63. The van der Waals surface area contributed by atoms with Gasteiger partial charge in [-0.3, -0.25) is 9.52 Å². The van der Waals surface area contributed by atoms with E-state index in [0.717, 1.165) is 11.1 Å². The van der Waals surface area contributed by atoms with E-state index in [4.69, 9.17) is 9.52 Å². The molecule has 0 aliphatic carbocycles. The number of benzene rings is 2. The number of fused-ring (bicyclic) bond motifs is 1. The average molecular weight is 372 g/mol. The SMILES string of the molecule is CN(C)c1ccc2cc(C(=O)NS(=O)c3ccccc3C(=O)O)oc2c1. The Balaban J connectivity index is 1.85. The van der Waals surface area contributed by atoms with Crippen LogP contribution in [0.4, 0.5) is 5.69 Å². The van der Waals surface area contributed by atoms with Gasteiger partial charge in [0.1, 0.15) is 5.58 Å². The highest BCUT2D eigenvalue weighted by atomic mass is 32.2. The van der Waals surface area contributed by atoms with E-state index < -0.39 is 22.9 Å². The third kappa shape index (κ3) is 3.45. The van der Waals surface area contributed by atoms with E-state index in [1.54, 1.807) is 18.2 Å². The fourth-order valence-electron chi connectivity index (χ4n) is 2.40. The lowest BCUT2D eigenvalue weighted by Crippen LogP contribution is -2.26. The minimum absolute atomic E-state index is 0.00272. The van der Waals surface area contributed by atoms with Crippen molar-refractivity contribution >= 4 is 39.5 Å². The van der Waals surface area contributed by atoms with Crippen LogP contribution >= 0.6 is 0 Å². The zero-order chi connectivity index (χ0) is 18.8. The Kier molecular flexibility index (Phi) is 4.77. The van der Waals surface area contributed by atoms with E-state index in [-0.39, 0.29) is 16.2 Å². The van der Waals surface area contributed by atoms with Crippen LogP contribution in [0.25, 0.3) is 11.0 Å². The summed E-state index contributed by atoms with van der Waals surface area (Å²) in [5.41, 5.74) is 1.31. The van der Waals surface area contributed by atoms with E-state index in [9.17, 15) is 13.8 Å². The number of carboxylic acids is 1. The number of hydrogen-bond acceptors (Lipinski definition) is 5. The number of nitrogens with zero attached hydrogens (tertiary/aromatic N) is 1. The normalized spacial score (nSPS) is 11.9. The molecule has 1 heterocycles. The largest absolute Gasteiger partial charge is 0.478 e. The first kappa shape index (κ1) is 17.7. The molecule has 3 rings (SSSR count). The van der Waals surface area contributed by atoms with Crippen LogP contribution in [0.1, 0.15) is 20.9 Å². The molecule has 2 aromatic carbocycles. The highest BCUT2D eigenvalue weighted by Gasteiger charge is 2.19. The van der Waals surface area contributed by atoms with Gasteiger partial charge in [0, 0.05) is 31.2 Å². The molecule has 1 amide bonds. The number of nitrogens with one attached hydrogen (secondary N) is 1. The van der Waals surface area contributed by atoms with Crippen molar-refractivity contribution < 1.29 is 23.3 Å². The van der Waals surface area contributed by atoms with Crippen LogP contribution in [-0.2, 0) is 11.0 Å². The summed E-state index contributed by atoms with van der Waals surface area (Å²) < 4.78 is 20.2. The number of carbonyl (C=O) groups excluding carboxylic acids is 1. The van der Waals surface area contributed by atoms with Crippen molar-refractivity contribution in [3.63, 3.8) is 0 Å². The third-order valence-corrected chi connectivity index (χ3v) is 4.87. The second-order valence-electron chi connectivity index (χ2n) is 5.73. The standard InChI is InChI=1S/C18H16N2O5S/c1-20(2)12-8-7-11-9-15(25-14(11)10-12)17(21)19-26(24)16-6-4-3-5-13(16)18(22)23/h3-10H,1-2H3,(H,19,21)(H,22,23). The molecule has 2 N–H and O–H groups in total. The van der Waals surface area contributed by atoms with Crippen molar-refractivity contribution in [1.82, 2.24) is 4.72 Å². The van der Waals surface area contributed by atoms with E-state index in [1.807, 2.05) is 31.1 Å². The molecule has 1 atom stereocenters. The molecule has 0 aliphatic heterocycles. The topological polar surface area (TPSA) is 99.9 Å². The summed E-state index contributed by atoms with van der Waals surface area (Å²) in [6.07, 6.45) is 0. The third-order valence-electron chi connectivity index (χ3n) is 3.75. The molecule has 0 fully saturated rings. The number of anilines is 1. The Morgan fingerprint density at radius 3 is 2.54 bits per heavy atom. The van der Waals surface area contributed by atoms with E-state index in [0.29, 0.717) is 5.58 Å². The molecular formula is C18H16N2O5S. The van der Waals surface area contributed by atoms with Crippen LogP contribution in [0.2, 0.25) is 0 Å². The number of rotatable bonds is 5. The van der Waals surface area contributed by atoms with Crippen LogP contribution in [0.5, 0.6) is 0 Å². The summed E-state index contributed by atoms with van der Waals surface area (Å²) in [5, 5.41) is 9.90. The smallest absolute Gasteiger partial charge is 0.336 e. The maximum Gasteiger partial charge on any atom is 0.336 e. The van der Waals surface area contributed by atoms with Gasteiger partial charge in [-0.2, -0.15) is 0 Å². The number of furan rings is 1. The summed E-state index contributed by atoms with van der Waals surface area (Å²) in [4.78, 5) is 25.5. The van der Waals surface area contributed by atoms with Gasteiger partial charge in [-0.05, 0) is 30.3 Å². The summed E-state index contributed by atoms with van der Waals surface area (Å²) in [5.74, 6) is -1.91. The van der Waals surface area contributed by atoms with Crippen molar-refractivity contribution in [1.29, 1.82) is 0 Å². The Bertz CT molecular complexity index is 1030. The van der Waals surface area contributed by atoms with Crippen LogP contribution in [0.15, 0.2) is 57.8 Å². The molecule has 26 heavy (non-hydrogen) atoms. The molecule has 134 valence electrons. The lowest BCUT2D eigenvalue weighted by Gasteiger charge is -2.11. The Labute approximate surface area is 151 Å². The molecule has 0 saturated heterocycles. The fourth-order valence-corrected chi connectivity index (χ4v) is 3.34. The summed E-state index contributed by atoms with van der Waals surface area (Å²) in [6.45, 7) is 0. The average Bonchev–Trinajstić information content (AvgIpc) is 3.04. The van der Waals surface area contributed by atoms with Gasteiger partial charge in [-0.1, -0.05) is 12.1 Å². The van der Waals surface area contributed by atoms with E-state index in [1.165, 1.54) is 18.2 Å². The molecular weight excluding hydrogens is 356 g/mol. The van der Waals surface area contributed by atoms with Crippen LogP contribution in [0, 0.1) is 0 Å². The zero-order valence-electron chi connectivity index (χ0n) is 14.1. The van der Waals surface area contributed by atoms with Gasteiger partial charge in [0.2, 0.25) is 0 Å². The molecule has 0 radical (unpaired) electrons.